The van der Waals surface area contributed by atoms with Crippen molar-refractivity contribution in [3.8, 4) is 0 Å². The highest BCUT2D eigenvalue weighted by atomic mass is 14.9. The molecule has 0 atom stereocenters. The SMILES string of the molecule is C[CH]Cc1cccc(NCC(CCC)CCC)c1. The van der Waals surface area contributed by atoms with E-state index in [4.69, 9.17) is 0 Å². The summed E-state index contributed by atoms with van der Waals surface area (Å²) in [5.74, 6) is 0.821. The smallest absolute Gasteiger partial charge is 0.0343 e. The average molecular weight is 246 g/mol. The maximum atomic E-state index is 3.60. The third-order valence-corrected chi connectivity index (χ3v) is 3.36. The van der Waals surface area contributed by atoms with Crippen molar-refractivity contribution >= 4 is 5.69 Å². The standard InChI is InChI=1S/C17H28N/c1-4-8-15-11-7-12-17(13-15)18-14-16(9-5-2)10-6-3/h4,7,11-13,16,18H,5-6,8-10,14H2,1-3H3. The highest BCUT2D eigenvalue weighted by Gasteiger charge is 2.06. The molecule has 0 fully saturated rings. The second kappa shape index (κ2) is 9.02. The Morgan fingerprint density at radius 3 is 2.50 bits per heavy atom. The first-order valence-electron chi connectivity index (χ1n) is 7.40. The molecule has 101 valence electrons. The molecule has 1 radical (unpaired) electrons. The molecule has 0 heterocycles. The number of benzene rings is 1. The van der Waals surface area contributed by atoms with Crippen LogP contribution < -0.4 is 5.32 Å². The van der Waals surface area contributed by atoms with Crippen molar-refractivity contribution in [1.29, 1.82) is 0 Å². The molecule has 1 nitrogen and oxygen atoms in total. The van der Waals surface area contributed by atoms with Crippen molar-refractivity contribution in [3.05, 3.63) is 36.2 Å². The minimum absolute atomic E-state index is 0.821. The monoisotopic (exact) mass is 246 g/mol. The zero-order valence-corrected chi connectivity index (χ0v) is 12.2. The van der Waals surface area contributed by atoms with Gasteiger partial charge in [-0.25, -0.2) is 0 Å². The van der Waals surface area contributed by atoms with Crippen molar-refractivity contribution in [2.45, 2.75) is 52.9 Å². The van der Waals surface area contributed by atoms with Gasteiger partial charge in [0, 0.05) is 12.2 Å². The van der Waals surface area contributed by atoms with Gasteiger partial charge in [-0.3, -0.25) is 0 Å². The van der Waals surface area contributed by atoms with Crippen molar-refractivity contribution in [3.63, 3.8) is 0 Å². The number of hydrogen-bond acceptors (Lipinski definition) is 1. The number of hydrogen-bond donors (Lipinski definition) is 1. The van der Waals surface area contributed by atoms with Crippen LogP contribution in [0.2, 0.25) is 0 Å². The molecule has 18 heavy (non-hydrogen) atoms. The predicted molar refractivity (Wildman–Crippen MR) is 81.9 cm³/mol. The summed E-state index contributed by atoms with van der Waals surface area (Å²) in [6.07, 6.45) is 8.51. The van der Waals surface area contributed by atoms with Gasteiger partial charge in [-0.05, 0) is 49.3 Å². The lowest BCUT2D eigenvalue weighted by molar-refractivity contribution is 0.461. The lowest BCUT2D eigenvalue weighted by Crippen LogP contribution is -2.14. The molecule has 0 bridgehead atoms. The Kier molecular flexibility index (Phi) is 7.55. The zero-order valence-electron chi connectivity index (χ0n) is 12.2. The first kappa shape index (κ1) is 15.1. The first-order chi connectivity index (χ1) is 8.80. The van der Waals surface area contributed by atoms with E-state index < -0.39 is 0 Å². The number of nitrogens with one attached hydrogen (secondary N) is 1. The van der Waals surface area contributed by atoms with Gasteiger partial charge in [-0.2, -0.15) is 0 Å². The van der Waals surface area contributed by atoms with Crippen LogP contribution in [-0.4, -0.2) is 6.54 Å². The van der Waals surface area contributed by atoms with E-state index in [1.807, 2.05) is 0 Å². The lowest BCUT2D eigenvalue weighted by atomic mass is 9.98. The molecule has 1 heteroatoms. The van der Waals surface area contributed by atoms with Crippen LogP contribution in [0.1, 0.15) is 52.0 Å². The summed E-state index contributed by atoms with van der Waals surface area (Å²) in [5, 5.41) is 3.60. The minimum Gasteiger partial charge on any atom is -0.385 e. The van der Waals surface area contributed by atoms with E-state index in [1.165, 1.54) is 36.9 Å². The van der Waals surface area contributed by atoms with Crippen molar-refractivity contribution in [2.24, 2.45) is 5.92 Å². The molecule has 1 aromatic rings. The van der Waals surface area contributed by atoms with Crippen molar-refractivity contribution in [2.75, 3.05) is 11.9 Å². The normalized spacial score (nSPS) is 10.9. The van der Waals surface area contributed by atoms with Gasteiger partial charge in [0.15, 0.2) is 0 Å². The van der Waals surface area contributed by atoms with E-state index in [0.29, 0.717) is 0 Å². The second-order valence-electron chi connectivity index (χ2n) is 5.14. The summed E-state index contributed by atoms with van der Waals surface area (Å²) in [4.78, 5) is 0. The summed E-state index contributed by atoms with van der Waals surface area (Å²) in [7, 11) is 0. The van der Waals surface area contributed by atoms with E-state index in [2.05, 4.69) is 56.8 Å². The summed E-state index contributed by atoms with van der Waals surface area (Å²) in [6.45, 7) is 7.78. The molecule has 1 N–H and O–H groups in total. The molecule has 0 saturated carbocycles. The molecule has 0 aliphatic carbocycles. The van der Waals surface area contributed by atoms with Crippen LogP contribution in [-0.2, 0) is 6.42 Å². The molecule has 1 aromatic carbocycles. The molecule has 0 unspecified atom stereocenters. The fourth-order valence-corrected chi connectivity index (χ4v) is 2.47. The second-order valence-corrected chi connectivity index (χ2v) is 5.14. The summed E-state index contributed by atoms with van der Waals surface area (Å²) in [5.41, 5.74) is 2.66. The summed E-state index contributed by atoms with van der Waals surface area (Å²) in [6, 6.07) is 8.79. The van der Waals surface area contributed by atoms with Gasteiger partial charge in [0.1, 0.15) is 0 Å². The van der Waals surface area contributed by atoms with Crippen LogP contribution in [0.5, 0.6) is 0 Å². The van der Waals surface area contributed by atoms with Gasteiger partial charge in [0.25, 0.3) is 0 Å². The Morgan fingerprint density at radius 2 is 1.89 bits per heavy atom. The Morgan fingerprint density at radius 1 is 1.17 bits per heavy atom. The van der Waals surface area contributed by atoms with Crippen molar-refractivity contribution < 1.29 is 0 Å². The maximum absolute atomic E-state index is 3.60. The van der Waals surface area contributed by atoms with Crippen LogP contribution in [0, 0.1) is 12.3 Å². The summed E-state index contributed by atoms with van der Waals surface area (Å²) >= 11 is 0. The Hall–Kier alpha value is -0.980. The Labute approximate surface area is 113 Å². The van der Waals surface area contributed by atoms with Gasteiger partial charge in [0.2, 0.25) is 0 Å². The van der Waals surface area contributed by atoms with Crippen LogP contribution in [0.25, 0.3) is 0 Å². The fraction of sp³-hybridized carbons (Fsp3) is 0.588. The number of anilines is 1. The molecule has 0 saturated heterocycles. The molecule has 0 amide bonds. The molecule has 0 aromatic heterocycles. The van der Waals surface area contributed by atoms with Gasteiger partial charge < -0.3 is 5.32 Å². The minimum atomic E-state index is 0.821. The molecule has 0 aliphatic rings. The third kappa shape index (κ3) is 5.57. The van der Waals surface area contributed by atoms with Crippen LogP contribution in [0.3, 0.4) is 0 Å². The Balaban J connectivity index is 2.47. The van der Waals surface area contributed by atoms with Crippen LogP contribution in [0.4, 0.5) is 5.69 Å². The fourth-order valence-electron chi connectivity index (χ4n) is 2.47. The van der Waals surface area contributed by atoms with Crippen LogP contribution >= 0.6 is 0 Å². The maximum Gasteiger partial charge on any atom is 0.0343 e. The van der Waals surface area contributed by atoms with Crippen molar-refractivity contribution in [1.82, 2.24) is 0 Å². The molecular weight excluding hydrogens is 218 g/mol. The van der Waals surface area contributed by atoms with E-state index in [9.17, 15) is 0 Å². The molecule has 1 rings (SSSR count). The highest BCUT2D eigenvalue weighted by molar-refractivity contribution is 5.46. The van der Waals surface area contributed by atoms with E-state index in [1.54, 1.807) is 0 Å². The highest BCUT2D eigenvalue weighted by Crippen LogP contribution is 2.17. The Bertz CT molecular complexity index is 313. The lowest BCUT2D eigenvalue weighted by Gasteiger charge is -2.17. The van der Waals surface area contributed by atoms with E-state index in [-0.39, 0.29) is 0 Å². The first-order valence-corrected chi connectivity index (χ1v) is 7.40. The predicted octanol–water partition coefficient (Wildman–Crippen LogP) is 5.08. The van der Waals surface area contributed by atoms with Gasteiger partial charge >= 0.3 is 0 Å². The summed E-state index contributed by atoms with van der Waals surface area (Å²) < 4.78 is 0. The molecule has 0 aliphatic heterocycles. The third-order valence-electron chi connectivity index (χ3n) is 3.36. The number of rotatable bonds is 9. The average Bonchev–Trinajstić information content (AvgIpc) is 2.37. The largest absolute Gasteiger partial charge is 0.385 e. The molecule has 0 spiro atoms. The van der Waals surface area contributed by atoms with Gasteiger partial charge in [0.05, 0.1) is 0 Å². The van der Waals surface area contributed by atoms with Crippen LogP contribution in [0.15, 0.2) is 24.3 Å². The topological polar surface area (TPSA) is 12.0 Å². The quantitative estimate of drug-likeness (QED) is 0.640. The van der Waals surface area contributed by atoms with E-state index >= 15 is 0 Å². The zero-order chi connectivity index (χ0) is 13.2. The van der Waals surface area contributed by atoms with Gasteiger partial charge in [-0.1, -0.05) is 45.7 Å². The van der Waals surface area contributed by atoms with E-state index in [0.717, 1.165) is 18.9 Å². The molecular formula is C17H28N. The van der Waals surface area contributed by atoms with Gasteiger partial charge in [-0.15, -0.1) is 0 Å².